The summed E-state index contributed by atoms with van der Waals surface area (Å²) in [7, 11) is 0. The fourth-order valence-electron chi connectivity index (χ4n) is 3.95. The number of ketones is 1. The molecule has 1 aliphatic heterocycles. The number of benzene rings is 2. The quantitative estimate of drug-likeness (QED) is 0.206. The summed E-state index contributed by atoms with van der Waals surface area (Å²) in [5, 5.41) is 11.8. The van der Waals surface area contributed by atoms with Crippen molar-refractivity contribution in [3.05, 3.63) is 81.9 Å². The van der Waals surface area contributed by atoms with Crippen molar-refractivity contribution in [1.82, 2.24) is 9.80 Å². The molecule has 3 rings (SSSR count). The second-order valence-corrected chi connectivity index (χ2v) is 8.63. The number of carbonyl (C=O) groups excluding carboxylic acids is 2. The van der Waals surface area contributed by atoms with Gasteiger partial charge in [-0.3, -0.25) is 9.59 Å². The topological polar surface area (TPSA) is 70.1 Å². The van der Waals surface area contributed by atoms with E-state index in [1.165, 1.54) is 4.90 Å². The summed E-state index contributed by atoms with van der Waals surface area (Å²) in [6, 6.07) is 10.8. The molecule has 1 amide bonds. The monoisotopic (exact) mass is 502 g/mol. The highest BCUT2D eigenvalue weighted by Crippen LogP contribution is 2.41. The zero-order valence-electron chi connectivity index (χ0n) is 19.3. The summed E-state index contributed by atoms with van der Waals surface area (Å²) >= 11 is 12.4. The molecule has 1 heterocycles. The molecule has 180 valence electrons. The first-order valence-corrected chi connectivity index (χ1v) is 11.9. The molecule has 1 fully saturated rings. The van der Waals surface area contributed by atoms with Crippen molar-refractivity contribution in [2.24, 2.45) is 0 Å². The Morgan fingerprint density at radius 2 is 1.79 bits per heavy atom. The predicted octanol–water partition coefficient (Wildman–Crippen LogP) is 5.32. The maximum atomic E-state index is 13.1. The molecule has 1 saturated heterocycles. The largest absolute Gasteiger partial charge is 0.507 e. The summed E-state index contributed by atoms with van der Waals surface area (Å²) in [5.41, 5.74) is 1.01. The Hall–Kier alpha value is -2.80. The molecule has 0 radical (unpaired) electrons. The third-order valence-electron chi connectivity index (χ3n) is 5.85. The number of hydrogen-bond acceptors (Lipinski definition) is 5. The van der Waals surface area contributed by atoms with E-state index in [2.05, 4.69) is 11.5 Å². The number of nitrogens with zero attached hydrogens (tertiary/aromatic N) is 2. The van der Waals surface area contributed by atoms with Gasteiger partial charge in [-0.1, -0.05) is 55.8 Å². The molecule has 2 aromatic rings. The van der Waals surface area contributed by atoms with Crippen LogP contribution in [-0.4, -0.2) is 59.4 Å². The molecule has 0 aromatic heterocycles. The van der Waals surface area contributed by atoms with Crippen LogP contribution < -0.4 is 4.74 Å². The zero-order chi connectivity index (χ0) is 24.8. The zero-order valence-corrected chi connectivity index (χ0v) is 20.8. The minimum Gasteiger partial charge on any atom is -0.507 e. The van der Waals surface area contributed by atoms with Gasteiger partial charge in [-0.2, -0.15) is 0 Å². The van der Waals surface area contributed by atoms with E-state index in [1.807, 2.05) is 13.8 Å². The third kappa shape index (κ3) is 5.46. The summed E-state index contributed by atoms with van der Waals surface area (Å²) in [5.74, 6) is -1.05. The number of aliphatic hydroxyl groups is 1. The molecule has 0 aliphatic carbocycles. The molecule has 0 saturated carbocycles. The first-order valence-electron chi connectivity index (χ1n) is 11.1. The number of hydrogen-bond donors (Lipinski definition) is 1. The van der Waals surface area contributed by atoms with Gasteiger partial charge in [0, 0.05) is 18.7 Å². The van der Waals surface area contributed by atoms with Gasteiger partial charge in [-0.25, -0.2) is 0 Å². The van der Waals surface area contributed by atoms with Gasteiger partial charge in [0.2, 0.25) is 0 Å². The van der Waals surface area contributed by atoms with E-state index in [-0.39, 0.29) is 11.3 Å². The fourth-order valence-corrected chi connectivity index (χ4v) is 4.25. The Morgan fingerprint density at radius 1 is 1.12 bits per heavy atom. The molecule has 1 N–H and O–H groups in total. The lowest BCUT2D eigenvalue weighted by atomic mass is 9.95. The molecule has 6 nitrogen and oxygen atoms in total. The van der Waals surface area contributed by atoms with Crippen molar-refractivity contribution in [3.63, 3.8) is 0 Å². The predicted molar refractivity (Wildman–Crippen MR) is 135 cm³/mol. The van der Waals surface area contributed by atoms with Gasteiger partial charge >= 0.3 is 0 Å². The normalized spacial score (nSPS) is 17.4. The van der Waals surface area contributed by atoms with Gasteiger partial charge in [0.05, 0.1) is 21.7 Å². The minimum absolute atomic E-state index is 0.0164. The summed E-state index contributed by atoms with van der Waals surface area (Å²) in [6.07, 6.45) is 1.63. The molecular weight excluding hydrogens is 475 g/mol. The van der Waals surface area contributed by atoms with E-state index in [0.29, 0.717) is 46.6 Å². The lowest BCUT2D eigenvalue weighted by Gasteiger charge is -2.28. The fraction of sp³-hybridized carbons (Fsp3) is 0.308. The van der Waals surface area contributed by atoms with Gasteiger partial charge in [0.25, 0.3) is 11.7 Å². The van der Waals surface area contributed by atoms with Crippen molar-refractivity contribution >= 4 is 40.7 Å². The smallest absolute Gasteiger partial charge is 0.295 e. The van der Waals surface area contributed by atoms with Crippen molar-refractivity contribution in [3.8, 4) is 5.75 Å². The highest BCUT2D eigenvalue weighted by molar-refractivity contribution is 6.46. The maximum absolute atomic E-state index is 13.1. The average molecular weight is 503 g/mol. The van der Waals surface area contributed by atoms with E-state index in [9.17, 15) is 14.7 Å². The van der Waals surface area contributed by atoms with Crippen LogP contribution in [0.1, 0.15) is 31.0 Å². The second-order valence-electron chi connectivity index (χ2n) is 7.82. The molecule has 8 heteroatoms. The number of likely N-dealkylation sites (N-methyl/N-ethyl adjacent to an activating group) is 1. The first-order chi connectivity index (χ1) is 16.3. The first kappa shape index (κ1) is 25.8. The van der Waals surface area contributed by atoms with Crippen molar-refractivity contribution in [2.75, 3.05) is 32.8 Å². The van der Waals surface area contributed by atoms with Crippen LogP contribution in [0.5, 0.6) is 5.75 Å². The Labute approximate surface area is 210 Å². The maximum Gasteiger partial charge on any atom is 0.295 e. The molecule has 0 bridgehead atoms. The number of ether oxygens (including phenoxy) is 1. The molecule has 1 aliphatic rings. The number of halogens is 2. The van der Waals surface area contributed by atoms with E-state index in [1.54, 1.807) is 48.5 Å². The van der Waals surface area contributed by atoms with Crippen molar-refractivity contribution < 1.29 is 19.4 Å². The highest BCUT2D eigenvalue weighted by Gasteiger charge is 2.46. The minimum atomic E-state index is -0.790. The summed E-state index contributed by atoms with van der Waals surface area (Å²) in [4.78, 5) is 29.9. The average Bonchev–Trinajstić information content (AvgIpc) is 3.10. The van der Waals surface area contributed by atoms with Crippen LogP contribution in [0.3, 0.4) is 0 Å². The number of Topliss-reactive ketones (excluding diaryl/α,β-unsaturated/α-hetero) is 1. The van der Waals surface area contributed by atoms with E-state index >= 15 is 0 Å². The number of carbonyl (C=O) groups is 2. The van der Waals surface area contributed by atoms with Crippen LogP contribution in [0.15, 0.2) is 60.7 Å². The Morgan fingerprint density at radius 3 is 2.38 bits per heavy atom. The highest BCUT2D eigenvalue weighted by atomic mass is 35.5. The van der Waals surface area contributed by atoms with Crippen molar-refractivity contribution in [2.45, 2.75) is 19.9 Å². The SMILES string of the molecule is C=CCOc1ccc(/C(O)=C2/C(=O)C(=O)N(CCN(CC)CC)C2c2ccc(Cl)c(Cl)c2)cc1. The molecular formula is C26H28Cl2N2O4. The molecule has 0 spiro atoms. The van der Waals surface area contributed by atoms with Crippen LogP contribution >= 0.6 is 23.2 Å². The molecule has 1 atom stereocenters. The van der Waals surface area contributed by atoms with E-state index in [0.717, 1.165) is 13.1 Å². The van der Waals surface area contributed by atoms with Gasteiger partial charge in [0.1, 0.15) is 18.1 Å². The van der Waals surface area contributed by atoms with Crippen molar-refractivity contribution in [1.29, 1.82) is 0 Å². The van der Waals surface area contributed by atoms with Crippen LogP contribution in [0, 0.1) is 0 Å². The van der Waals surface area contributed by atoms with E-state index in [4.69, 9.17) is 27.9 Å². The standard InChI is InChI=1S/C26H28Cl2N2O4/c1-4-15-34-19-10-7-17(8-11-19)24(31)22-23(18-9-12-20(27)21(28)16-18)30(26(33)25(22)32)14-13-29(5-2)6-3/h4,7-12,16,23,31H,1,5-6,13-15H2,2-3H3/b24-22-. The lowest BCUT2D eigenvalue weighted by molar-refractivity contribution is -0.140. The Balaban J connectivity index is 2.06. The van der Waals surface area contributed by atoms with E-state index < -0.39 is 17.7 Å². The second kappa shape index (κ2) is 11.6. The van der Waals surface area contributed by atoms with Crippen LogP contribution in [0.4, 0.5) is 0 Å². The van der Waals surface area contributed by atoms with Crippen LogP contribution in [0.2, 0.25) is 10.0 Å². The molecule has 1 unspecified atom stereocenters. The number of rotatable bonds is 10. The van der Waals surface area contributed by atoms with Gasteiger partial charge in [-0.15, -0.1) is 0 Å². The summed E-state index contributed by atoms with van der Waals surface area (Å²) in [6.45, 7) is 10.6. The van der Waals surface area contributed by atoms with Gasteiger partial charge in [0.15, 0.2) is 0 Å². The molecule has 34 heavy (non-hydrogen) atoms. The van der Waals surface area contributed by atoms with Gasteiger partial charge < -0.3 is 19.6 Å². The molecule has 2 aromatic carbocycles. The number of amides is 1. The number of aliphatic hydroxyl groups excluding tert-OH is 1. The van der Waals surface area contributed by atoms with Gasteiger partial charge in [-0.05, 0) is 55.1 Å². The Bertz CT molecular complexity index is 1090. The number of likely N-dealkylation sites (tertiary alicyclic amines) is 1. The summed E-state index contributed by atoms with van der Waals surface area (Å²) < 4.78 is 5.48. The van der Waals surface area contributed by atoms with Crippen LogP contribution in [0.25, 0.3) is 5.76 Å². The lowest BCUT2D eigenvalue weighted by Crippen LogP contribution is -2.38. The van der Waals surface area contributed by atoms with Crippen LogP contribution in [-0.2, 0) is 9.59 Å². The third-order valence-corrected chi connectivity index (χ3v) is 6.59. The Kier molecular flexibility index (Phi) is 8.78.